The second-order valence-corrected chi connectivity index (χ2v) is 4.07. The van der Waals surface area contributed by atoms with E-state index in [-0.39, 0.29) is 0 Å². The normalized spacial score (nSPS) is 10.5. The van der Waals surface area contributed by atoms with Gasteiger partial charge < -0.3 is 15.0 Å². The average Bonchev–Trinajstić information content (AvgIpc) is 2.77. The Bertz CT molecular complexity index is 510. The summed E-state index contributed by atoms with van der Waals surface area (Å²) in [7, 11) is 1.64. The summed E-state index contributed by atoms with van der Waals surface area (Å²) >= 11 is 5.98. The highest BCUT2D eigenvalue weighted by molar-refractivity contribution is 6.30. The zero-order valence-electron chi connectivity index (χ0n) is 9.56. The van der Waals surface area contributed by atoms with E-state index in [2.05, 4.69) is 4.98 Å². The van der Waals surface area contributed by atoms with Gasteiger partial charge in [0.2, 0.25) is 0 Å². The highest BCUT2D eigenvalue weighted by atomic mass is 35.5. The molecule has 5 heteroatoms. The Morgan fingerprint density at radius 2 is 2.29 bits per heavy atom. The van der Waals surface area contributed by atoms with E-state index < -0.39 is 0 Å². The Kier molecular flexibility index (Phi) is 3.66. The van der Waals surface area contributed by atoms with Crippen molar-refractivity contribution < 1.29 is 4.74 Å². The van der Waals surface area contributed by atoms with Crippen LogP contribution in [0.1, 0.15) is 11.4 Å². The Morgan fingerprint density at radius 1 is 1.47 bits per heavy atom. The number of methoxy groups -OCH3 is 1. The standard InChI is InChI=1S/C12H14ClN3O/c1-17-11-3-2-10(13)6-9(11)8-16-5-4-15-12(16)7-14/h2-6H,7-8,14H2,1H3. The molecule has 90 valence electrons. The van der Waals surface area contributed by atoms with Crippen LogP contribution in [-0.2, 0) is 13.1 Å². The molecule has 0 amide bonds. The lowest BCUT2D eigenvalue weighted by atomic mass is 10.2. The van der Waals surface area contributed by atoms with Crippen LogP contribution in [0, 0.1) is 0 Å². The van der Waals surface area contributed by atoms with Crippen LogP contribution < -0.4 is 10.5 Å². The molecular formula is C12H14ClN3O. The second-order valence-electron chi connectivity index (χ2n) is 3.63. The van der Waals surface area contributed by atoms with Crippen LogP contribution in [0.25, 0.3) is 0 Å². The maximum absolute atomic E-state index is 5.98. The highest BCUT2D eigenvalue weighted by Gasteiger charge is 2.07. The monoisotopic (exact) mass is 251 g/mol. The maximum Gasteiger partial charge on any atom is 0.123 e. The molecule has 0 aliphatic rings. The molecule has 2 rings (SSSR count). The summed E-state index contributed by atoms with van der Waals surface area (Å²) in [6, 6.07) is 5.55. The number of halogens is 1. The van der Waals surface area contributed by atoms with Gasteiger partial charge in [-0.2, -0.15) is 0 Å². The lowest BCUT2D eigenvalue weighted by molar-refractivity contribution is 0.408. The van der Waals surface area contributed by atoms with E-state index in [0.717, 1.165) is 17.1 Å². The number of imidazole rings is 1. The number of ether oxygens (including phenoxy) is 1. The van der Waals surface area contributed by atoms with Crippen LogP contribution in [0.5, 0.6) is 5.75 Å². The van der Waals surface area contributed by atoms with Crippen LogP contribution >= 0.6 is 11.6 Å². The number of benzene rings is 1. The molecule has 0 spiro atoms. The van der Waals surface area contributed by atoms with Crippen molar-refractivity contribution in [3.63, 3.8) is 0 Å². The average molecular weight is 252 g/mol. The fourth-order valence-corrected chi connectivity index (χ4v) is 1.92. The van der Waals surface area contributed by atoms with Gasteiger partial charge in [0.25, 0.3) is 0 Å². The van der Waals surface area contributed by atoms with Crippen molar-refractivity contribution in [1.29, 1.82) is 0 Å². The first-order chi connectivity index (χ1) is 8.24. The molecule has 1 aromatic carbocycles. The quantitative estimate of drug-likeness (QED) is 0.905. The van der Waals surface area contributed by atoms with Crippen molar-refractivity contribution in [3.05, 3.63) is 47.0 Å². The van der Waals surface area contributed by atoms with Gasteiger partial charge in [-0.15, -0.1) is 0 Å². The first-order valence-corrected chi connectivity index (χ1v) is 5.65. The third-order valence-electron chi connectivity index (χ3n) is 2.57. The summed E-state index contributed by atoms with van der Waals surface area (Å²) in [5.74, 6) is 1.65. The molecule has 4 nitrogen and oxygen atoms in total. The van der Waals surface area contributed by atoms with Gasteiger partial charge in [-0.1, -0.05) is 11.6 Å². The molecule has 1 aromatic heterocycles. The van der Waals surface area contributed by atoms with Gasteiger partial charge in [0.15, 0.2) is 0 Å². The molecule has 0 saturated heterocycles. The van der Waals surface area contributed by atoms with Crippen LogP contribution in [-0.4, -0.2) is 16.7 Å². The predicted molar refractivity (Wildman–Crippen MR) is 67.2 cm³/mol. The molecule has 0 radical (unpaired) electrons. The minimum Gasteiger partial charge on any atom is -0.496 e. The molecule has 0 aliphatic heterocycles. The maximum atomic E-state index is 5.98. The first-order valence-electron chi connectivity index (χ1n) is 5.27. The van der Waals surface area contributed by atoms with E-state index >= 15 is 0 Å². The van der Waals surface area contributed by atoms with Crippen molar-refractivity contribution in [2.24, 2.45) is 5.73 Å². The van der Waals surface area contributed by atoms with Gasteiger partial charge in [-0.3, -0.25) is 0 Å². The van der Waals surface area contributed by atoms with Gasteiger partial charge in [0.05, 0.1) is 20.2 Å². The van der Waals surface area contributed by atoms with E-state index in [1.54, 1.807) is 13.3 Å². The minimum absolute atomic E-state index is 0.413. The van der Waals surface area contributed by atoms with Crippen molar-refractivity contribution in [2.75, 3.05) is 7.11 Å². The summed E-state index contributed by atoms with van der Waals surface area (Å²) in [5.41, 5.74) is 6.62. The SMILES string of the molecule is COc1ccc(Cl)cc1Cn1ccnc1CN. The van der Waals surface area contributed by atoms with E-state index in [4.69, 9.17) is 22.1 Å². The number of hydrogen-bond acceptors (Lipinski definition) is 3. The van der Waals surface area contributed by atoms with Crippen molar-refractivity contribution in [2.45, 2.75) is 13.1 Å². The molecule has 17 heavy (non-hydrogen) atoms. The lowest BCUT2D eigenvalue weighted by Crippen LogP contribution is -2.09. The molecule has 1 heterocycles. The Hall–Kier alpha value is -1.52. The van der Waals surface area contributed by atoms with Crippen molar-refractivity contribution in [3.8, 4) is 5.75 Å². The number of rotatable bonds is 4. The molecule has 2 N–H and O–H groups in total. The molecule has 0 unspecified atom stereocenters. The van der Waals surface area contributed by atoms with Crippen LogP contribution in [0.15, 0.2) is 30.6 Å². The third-order valence-corrected chi connectivity index (χ3v) is 2.80. The molecule has 0 atom stereocenters. The molecule has 2 aromatic rings. The van der Waals surface area contributed by atoms with Gasteiger partial charge in [0.1, 0.15) is 11.6 Å². The summed E-state index contributed by atoms with van der Waals surface area (Å²) < 4.78 is 7.28. The van der Waals surface area contributed by atoms with Crippen LogP contribution in [0.3, 0.4) is 0 Å². The fraction of sp³-hybridized carbons (Fsp3) is 0.250. The van der Waals surface area contributed by atoms with Gasteiger partial charge in [0, 0.05) is 23.0 Å². The van der Waals surface area contributed by atoms with Gasteiger partial charge in [-0.05, 0) is 18.2 Å². The molecule has 0 aliphatic carbocycles. The summed E-state index contributed by atoms with van der Waals surface area (Å²) in [6.07, 6.45) is 3.63. The highest BCUT2D eigenvalue weighted by Crippen LogP contribution is 2.23. The molecule has 0 fully saturated rings. The summed E-state index contributed by atoms with van der Waals surface area (Å²) in [6.45, 7) is 1.06. The number of aromatic nitrogens is 2. The Labute approximate surface area is 105 Å². The number of hydrogen-bond donors (Lipinski definition) is 1. The molecular weight excluding hydrogens is 238 g/mol. The van der Waals surface area contributed by atoms with Crippen LogP contribution in [0.2, 0.25) is 5.02 Å². The van der Waals surface area contributed by atoms with Gasteiger partial charge in [-0.25, -0.2) is 4.98 Å². The van der Waals surface area contributed by atoms with E-state index in [0.29, 0.717) is 18.1 Å². The van der Waals surface area contributed by atoms with Crippen LogP contribution in [0.4, 0.5) is 0 Å². The van der Waals surface area contributed by atoms with E-state index in [1.165, 1.54) is 0 Å². The smallest absolute Gasteiger partial charge is 0.123 e. The Morgan fingerprint density at radius 3 is 3.00 bits per heavy atom. The largest absolute Gasteiger partial charge is 0.496 e. The van der Waals surface area contributed by atoms with E-state index in [9.17, 15) is 0 Å². The van der Waals surface area contributed by atoms with Gasteiger partial charge >= 0.3 is 0 Å². The summed E-state index contributed by atoms with van der Waals surface area (Å²) in [5, 5.41) is 0.690. The zero-order chi connectivity index (χ0) is 12.3. The topological polar surface area (TPSA) is 53.1 Å². The fourth-order valence-electron chi connectivity index (χ4n) is 1.73. The van der Waals surface area contributed by atoms with E-state index in [1.807, 2.05) is 29.0 Å². The molecule has 0 saturated carbocycles. The summed E-state index contributed by atoms with van der Waals surface area (Å²) in [4.78, 5) is 4.17. The predicted octanol–water partition coefficient (Wildman–Crippen LogP) is 2.05. The third kappa shape index (κ3) is 2.60. The zero-order valence-corrected chi connectivity index (χ0v) is 10.3. The number of nitrogens with zero attached hydrogens (tertiary/aromatic N) is 2. The Balaban J connectivity index is 2.32. The van der Waals surface area contributed by atoms with Crippen molar-refractivity contribution >= 4 is 11.6 Å². The first kappa shape index (κ1) is 12.0. The number of nitrogens with two attached hydrogens (primary N) is 1. The molecule has 0 bridgehead atoms. The minimum atomic E-state index is 0.413. The second kappa shape index (κ2) is 5.21. The van der Waals surface area contributed by atoms with Crippen molar-refractivity contribution in [1.82, 2.24) is 9.55 Å². The lowest BCUT2D eigenvalue weighted by Gasteiger charge is -2.11.